The molecule has 0 radical (unpaired) electrons. The van der Waals surface area contributed by atoms with E-state index in [4.69, 9.17) is 24.1 Å². The van der Waals surface area contributed by atoms with Gasteiger partial charge < -0.3 is 24.1 Å². The highest BCUT2D eigenvalue weighted by Gasteiger charge is 2.64. The van der Waals surface area contributed by atoms with Crippen LogP contribution in [-0.2, 0) is 23.7 Å². The van der Waals surface area contributed by atoms with Crippen LogP contribution in [0.1, 0.15) is 13.8 Å². The van der Waals surface area contributed by atoms with Gasteiger partial charge in [-0.3, -0.25) is 0 Å². The predicted octanol–water partition coefficient (Wildman–Crippen LogP) is -0.285. The molecule has 3 aliphatic rings. The molecule has 0 aromatic heterocycles. The largest absolute Gasteiger partial charge is 0.479 e. The molecule has 6 heteroatoms. The lowest BCUT2D eigenvalue weighted by molar-refractivity contribution is -0.277. The van der Waals surface area contributed by atoms with Gasteiger partial charge in [0.25, 0.3) is 0 Å². The zero-order valence-electron chi connectivity index (χ0n) is 8.38. The number of fused-ring (bicyclic) bond motifs is 3. The second-order valence-corrected chi connectivity index (χ2v) is 4.43. The molecule has 3 heterocycles. The zero-order chi connectivity index (χ0) is 10.8. The van der Waals surface area contributed by atoms with Crippen LogP contribution in [0.15, 0.2) is 0 Å². The summed E-state index contributed by atoms with van der Waals surface area (Å²) in [6, 6.07) is 0. The van der Waals surface area contributed by atoms with E-state index in [1.54, 1.807) is 13.8 Å². The van der Waals surface area contributed by atoms with Gasteiger partial charge in [-0.05, 0) is 13.8 Å². The number of hydrogen-bond donors (Lipinski definition) is 1. The Kier molecular flexibility index (Phi) is 1.72. The Morgan fingerprint density at radius 1 is 1.13 bits per heavy atom. The molecule has 3 aliphatic heterocycles. The quantitative estimate of drug-likeness (QED) is 0.649. The van der Waals surface area contributed by atoms with Crippen molar-refractivity contribution < 1.29 is 28.8 Å². The average Bonchev–Trinajstić information content (AvgIpc) is 2.44. The number of aliphatic carboxylic acids is 1. The van der Waals surface area contributed by atoms with Crippen molar-refractivity contribution in [3.8, 4) is 0 Å². The number of rotatable bonds is 1. The van der Waals surface area contributed by atoms with E-state index >= 15 is 0 Å². The molecule has 5 atom stereocenters. The van der Waals surface area contributed by atoms with Crippen LogP contribution in [0.4, 0.5) is 0 Å². The molecule has 0 spiro atoms. The molecule has 3 saturated heterocycles. The van der Waals surface area contributed by atoms with E-state index in [2.05, 4.69) is 0 Å². The molecule has 3 rings (SSSR count). The first-order valence-corrected chi connectivity index (χ1v) is 4.87. The number of carboxylic acids is 1. The molecule has 0 amide bonds. The van der Waals surface area contributed by atoms with E-state index in [-0.39, 0.29) is 12.2 Å². The van der Waals surface area contributed by atoms with Gasteiger partial charge in [-0.25, -0.2) is 4.79 Å². The Bertz CT molecular complexity index is 314. The highest BCUT2D eigenvalue weighted by molar-refractivity contribution is 5.74. The van der Waals surface area contributed by atoms with Crippen molar-refractivity contribution in [1.29, 1.82) is 0 Å². The van der Waals surface area contributed by atoms with Gasteiger partial charge >= 0.3 is 5.97 Å². The first-order valence-electron chi connectivity index (χ1n) is 4.87. The molecule has 0 aliphatic carbocycles. The zero-order valence-corrected chi connectivity index (χ0v) is 8.38. The Morgan fingerprint density at radius 3 is 2.53 bits per heavy atom. The number of carbonyl (C=O) groups is 1. The van der Waals surface area contributed by atoms with Crippen molar-refractivity contribution in [3.63, 3.8) is 0 Å². The minimum Gasteiger partial charge on any atom is -0.479 e. The van der Waals surface area contributed by atoms with Gasteiger partial charge in [0.1, 0.15) is 18.3 Å². The summed E-state index contributed by atoms with van der Waals surface area (Å²) < 4.78 is 21.7. The van der Waals surface area contributed by atoms with Crippen LogP contribution in [0.25, 0.3) is 0 Å². The Balaban J connectivity index is 1.73. The second-order valence-electron chi connectivity index (χ2n) is 4.43. The van der Waals surface area contributed by atoms with Crippen LogP contribution in [0.2, 0.25) is 0 Å². The summed E-state index contributed by atoms with van der Waals surface area (Å²) in [5.41, 5.74) is 0. The van der Waals surface area contributed by atoms with E-state index < -0.39 is 30.3 Å². The van der Waals surface area contributed by atoms with E-state index in [1.165, 1.54) is 0 Å². The van der Waals surface area contributed by atoms with Crippen LogP contribution in [-0.4, -0.2) is 47.6 Å². The molecule has 84 valence electrons. The molecular weight excluding hydrogens is 204 g/mol. The Morgan fingerprint density at radius 2 is 1.87 bits per heavy atom. The summed E-state index contributed by atoms with van der Waals surface area (Å²) in [5, 5.41) is 8.76. The maximum absolute atomic E-state index is 10.7. The molecule has 0 aromatic carbocycles. The fourth-order valence-corrected chi connectivity index (χ4v) is 2.26. The third-order valence-electron chi connectivity index (χ3n) is 2.87. The van der Waals surface area contributed by atoms with Gasteiger partial charge in [0, 0.05) is 0 Å². The van der Waals surface area contributed by atoms with Gasteiger partial charge in [0.05, 0.1) is 0 Å². The molecule has 0 unspecified atom stereocenters. The smallest absolute Gasteiger partial charge is 0.335 e. The highest BCUT2D eigenvalue weighted by atomic mass is 16.9. The maximum atomic E-state index is 10.7. The normalized spacial score (nSPS) is 50.7. The first kappa shape index (κ1) is 9.53. The van der Waals surface area contributed by atoms with Crippen LogP contribution in [0, 0.1) is 0 Å². The monoisotopic (exact) mass is 216 g/mol. The van der Waals surface area contributed by atoms with Crippen molar-refractivity contribution in [1.82, 2.24) is 0 Å². The minimum atomic E-state index is -1.00. The number of ether oxygens (including phenoxy) is 4. The highest BCUT2D eigenvalue weighted by Crippen LogP contribution is 2.45. The van der Waals surface area contributed by atoms with Crippen LogP contribution < -0.4 is 0 Å². The first-order chi connectivity index (χ1) is 6.98. The van der Waals surface area contributed by atoms with Crippen molar-refractivity contribution >= 4 is 5.97 Å². The van der Waals surface area contributed by atoms with E-state index in [1.807, 2.05) is 0 Å². The van der Waals surface area contributed by atoms with Crippen molar-refractivity contribution in [2.45, 2.75) is 50.3 Å². The summed E-state index contributed by atoms with van der Waals surface area (Å²) in [6.45, 7) is 3.58. The molecule has 15 heavy (non-hydrogen) atoms. The van der Waals surface area contributed by atoms with E-state index in [0.29, 0.717) is 0 Å². The van der Waals surface area contributed by atoms with Gasteiger partial charge in [0.15, 0.2) is 18.2 Å². The Hall–Kier alpha value is -0.690. The van der Waals surface area contributed by atoms with Gasteiger partial charge in [-0.15, -0.1) is 0 Å². The molecule has 1 N–H and O–H groups in total. The summed E-state index contributed by atoms with van der Waals surface area (Å²) in [5.74, 6) is -1.69. The van der Waals surface area contributed by atoms with Gasteiger partial charge in [-0.2, -0.15) is 0 Å². The molecule has 6 nitrogen and oxygen atoms in total. The fraction of sp³-hybridized carbons (Fsp3) is 0.889. The predicted molar refractivity (Wildman–Crippen MR) is 45.0 cm³/mol. The molecule has 0 aromatic rings. The fourth-order valence-electron chi connectivity index (χ4n) is 2.26. The minimum absolute atomic E-state index is 0.305. The van der Waals surface area contributed by atoms with Crippen molar-refractivity contribution in [2.75, 3.05) is 0 Å². The third-order valence-corrected chi connectivity index (χ3v) is 2.87. The summed E-state index contributed by atoms with van der Waals surface area (Å²) >= 11 is 0. The van der Waals surface area contributed by atoms with Crippen LogP contribution in [0.3, 0.4) is 0 Å². The average molecular weight is 216 g/mol. The van der Waals surface area contributed by atoms with E-state index in [9.17, 15) is 4.79 Å². The summed E-state index contributed by atoms with van der Waals surface area (Å²) in [6.07, 6.45) is -2.43. The number of carboxylic acid groups (broad SMARTS) is 1. The molecular formula is C9H12O6. The number of hydrogen-bond acceptors (Lipinski definition) is 5. The summed E-state index contributed by atoms with van der Waals surface area (Å²) in [7, 11) is 0. The van der Waals surface area contributed by atoms with Crippen molar-refractivity contribution in [3.05, 3.63) is 0 Å². The van der Waals surface area contributed by atoms with Crippen molar-refractivity contribution in [2.24, 2.45) is 0 Å². The maximum Gasteiger partial charge on any atom is 0.335 e. The van der Waals surface area contributed by atoms with Gasteiger partial charge in [0.2, 0.25) is 0 Å². The topological polar surface area (TPSA) is 74.2 Å². The van der Waals surface area contributed by atoms with Crippen LogP contribution in [0.5, 0.6) is 0 Å². The second kappa shape index (κ2) is 2.70. The molecule has 3 fully saturated rings. The lowest BCUT2D eigenvalue weighted by Crippen LogP contribution is -2.59. The summed E-state index contributed by atoms with van der Waals surface area (Å²) in [4.78, 5) is 10.7. The molecule has 0 bridgehead atoms. The van der Waals surface area contributed by atoms with Gasteiger partial charge in [-0.1, -0.05) is 0 Å². The molecule has 0 saturated carbocycles. The van der Waals surface area contributed by atoms with E-state index in [0.717, 1.165) is 0 Å². The Labute approximate surface area is 86.1 Å². The lowest BCUT2D eigenvalue weighted by atomic mass is 9.99. The standard InChI is InChI=1S/C9H12O6/c1-9(2)14-6-4-3(13-8(6)15-9)5(12-4)7(10)11/h3-6,8H,1-2H3,(H,10,11)/t3-,4-,5+,6+,8+/m0/s1. The van der Waals surface area contributed by atoms with Crippen LogP contribution >= 0.6 is 0 Å². The third kappa shape index (κ3) is 1.22. The SMILES string of the molecule is CC1(C)O[C@H]2O[C@H]3[C@H](O[C@H]3C(=O)O)[C@H]2O1. The lowest BCUT2D eigenvalue weighted by Gasteiger charge is -2.38.